The molecule has 8 heteroatoms. The summed E-state index contributed by atoms with van der Waals surface area (Å²) in [6.45, 7) is 3.59. The van der Waals surface area contributed by atoms with Crippen LogP contribution >= 0.6 is 12.4 Å². The van der Waals surface area contributed by atoms with Gasteiger partial charge in [-0.2, -0.15) is 0 Å². The molecule has 0 saturated heterocycles. The van der Waals surface area contributed by atoms with E-state index in [0.717, 1.165) is 12.1 Å². The van der Waals surface area contributed by atoms with Gasteiger partial charge in [-0.1, -0.05) is 13.8 Å². The highest BCUT2D eigenvalue weighted by atomic mass is 35.5. The average molecular weight is 313 g/mol. The van der Waals surface area contributed by atoms with Crippen LogP contribution in [0.15, 0.2) is 24.3 Å². The quantitative estimate of drug-likeness (QED) is 0.898. The van der Waals surface area contributed by atoms with Gasteiger partial charge in [0.15, 0.2) is 0 Å². The second-order valence-electron chi connectivity index (χ2n) is 4.33. The minimum atomic E-state index is -4.73. The molecule has 0 heterocycles. The summed E-state index contributed by atoms with van der Waals surface area (Å²) in [7, 11) is 0. The van der Waals surface area contributed by atoms with Crippen LogP contribution in [-0.2, 0) is 4.79 Å². The third-order valence-electron chi connectivity index (χ3n) is 2.38. The van der Waals surface area contributed by atoms with Crippen molar-refractivity contribution in [3.63, 3.8) is 0 Å². The van der Waals surface area contributed by atoms with Gasteiger partial charge >= 0.3 is 6.36 Å². The van der Waals surface area contributed by atoms with Crippen LogP contribution in [0.25, 0.3) is 0 Å². The molecule has 1 amide bonds. The number of halogens is 4. The fraction of sp³-hybridized carbons (Fsp3) is 0.417. The molecule has 114 valence electrons. The van der Waals surface area contributed by atoms with E-state index in [0.29, 0.717) is 5.69 Å². The molecule has 1 rings (SSSR count). The molecule has 4 nitrogen and oxygen atoms in total. The van der Waals surface area contributed by atoms with Crippen LogP contribution < -0.4 is 15.8 Å². The molecule has 0 aliphatic heterocycles. The lowest BCUT2D eigenvalue weighted by molar-refractivity contribution is -0.274. The predicted octanol–water partition coefficient (Wildman–Crippen LogP) is 2.93. The molecule has 20 heavy (non-hydrogen) atoms. The van der Waals surface area contributed by atoms with E-state index in [1.165, 1.54) is 12.1 Å². The summed E-state index contributed by atoms with van der Waals surface area (Å²) in [5.41, 5.74) is 5.99. The highest BCUT2D eigenvalue weighted by Gasteiger charge is 2.31. The summed E-state index contributed by atoms with van der Waals surface area (Å²) in [6, 6.07) is 4.18. The summed E-state index contributed by atoms with van der Waals surface area (Å²) >= 11 is 0. The van der Waals surface area contributed by atoms with Gasteiger partial charge in [-0.05, 0) is 30.2 Å². The number of rotatable bonds is 4. The third-order valence-corrected chi connectivity index (χ3v) is 2.38. The first-order chi connectivity index (χ1) is 8.69. The maximum Gasteiger partial charge on any atom is 0.573 e. The average Bonchev–Trinajstić information content (AvgIpc) is 2.28. The van der Waals surface area contributed by atoms with E-state index in [4.69, 9.17) is 5.73 Å². The zero-order valence-corrected chi connectivity index (χ0v) is 11.7. The van der Waals surface area contributed by atoms with Gasteiger partial charge in [0.2, 0.25) is 5.91 Å². The number of ether oxygens (including phenoxy) is 1. The lowest BCUT2D eigenvalue weighted by Crippen LogP contribution is -2.39. The number of alkyl halides is 3. The molecule has 0 unspecified atom stereocenters. The van der Waals surface area contributed by atoms with Crippen LogP contribution in [-0.4, -0.2) is 18.3 Å². The maximum atomic E-state index is 11.9. The molecule has 0 fully saturated rings. The highest BCUT2D eigenvalue weighted by Crippen LogP contribution is 2.24. The molecule has 0 radical (unpaired) electrons. The van der Waals surface area contributed by atoms with E-state index in [1.54, 1.807) is 13.8 Å². The summed E-state index contributed by atoms with van der Waals surface area (Å²) in [5.74, 6) is -0.772. The van der Waals surface area contributed by atoms with Crippen molar-refractivity contribution >= 4 is 24.0 Å². The minimum absolute atomic E-state index is 0. The molecule has 0 aromatic heterocycles. The van der Waals surface area contributed by atoms with Gasteiger partial charge in [0, 0.05) is 5.69 Å². The first-order valence-corrected chi connectivity index (χ1v) is 5.61. The molecule has 3 N–H and O–H groups in total. The molecular weight excluding hydrogens is 297 g/mol. The van der Waals surface area contributed by atoms with Gasteiger partial charge in [-0.25, -0.2) is 0 Å². The van der Waals surface area contributed by atoms with Crippen molar-refractivity contribution in [3.8, 4) is 5.75 Å². The van der Waals surface area contributed by atoms with Crippen LogP contribution in [0.3, 0.4) is 0 Å². The molecular formula is C12H16ClF3N2O2. The van der Waals surface area contributed by atoms with E-state index >= 15 is 0 Å². The zero-order chi connectivity index (χ0) is 14.6. The Morgan fingerprint density at radius 1 is 1.25 bits per heavy atom. The van der Waals surface area contributed by atoms with Crippen molar-refractivity contribution in [1.29, 1.82) is 0 Å². The van der Waals surface area contributed by atoms with Crippen molar-refractivity contribution in [2.45, 2.75) is 26.3 Å². The molecule has 0 aliphatic rings. The van der Waals surface area contributed by atoms with Crippen LogP contribution in [0.2, 0.25) is 0 Å². The lowest BCUT2D eigenvalue weighted by atomic mass is 10.1. The largest absolute Gasteiger partial charge is 0.573 e. The van der Waals surface area contributed by atoms with Gasteiger partial charge in [0.05, 0.1) is 6.04 Å². The Kier molecular flexibility index (Phi) is 6.81. The second kappa shape index (κ2) is 7.35. The Bertz CT molecular complexity index is 435. The fourth-order valence-electron chi connectivity index (χ4n) is 1.27. The fourth-order valence-corrected chi connectivity index (χ4v) is 1.27. The zero-order valence-electron chi connectivity index (χ0n) is 10.9. The normalized spacial score (nSPS) is 12.6. The smallest absolute Gasteiger partial charge is 0.406 e. The topological polar surface area (TPSA) is 64.4 Å². The molecule has 1 aromatic rings. The van der Waals surface area contributed by atoms with Crippen molar-refractivity contribution in [1.82, 2.24) is 0 Å². The Labute approximate surface area is 120 Å². The summed E-state index contributed by atoms with van der Waals surface area (Å²) in [5, 5.41) is 2.51. The van der Waals surface area contributed by atoms with Crippen LogP contribution in [0.4, 0.5) is 18.9 Å². The number of benzene rings is 1. The van der Waals surface area contributed by atoms with Gasteiger partial charge in [0.1, 0.15) is 5.75 Å². The van der Waals surface area contributed by atoms with Crippen LogP contribution in [0.1, 0.15) is 13.8 Å². The van der Waals surface area contributed by atoms with E-state index in [-0.39, 0.29) is 30.0 Å². The molecule has 0 bridgehead atoms. The van der Waals surface area contributed by atoms with Gasteiger partial charge in [0.25, 0.3) is 0 Å². The monoisotopic (exact) mass is 312 g/mol. The molecule has 0 saturated carbocycles. The highest BCUT2D eigenvalue weighted by molar-refractivity contribution is 5.94. The maximum absolute atomic E-state index is 11.9. The SMILES string of the molecule is CC(C)[C@@H](N)C(=O)Nc1ccc(OC(F)(F)F)cc1.Cl. The van der Waals surface area contributed by atoms with E-state index < -0.39 is 12.4 Å². The number of hydrogen-bond acceptors (Lipinski definition) is 3. The Balaban J connectivity index is 0.00000361. The standard InChI is InChI=1S/C12H15F3N2O2.ClH/c1-7(2)10(16)11(18)17-8-3-5-9(6-4-8)19-12(13,14)15;/h3-7,10H,16H2,1-2H3,(H,17,18);1H/t10-;/m1./s1. The van der Waals surface area contributed by atoms with Crippen molar-refractivity contribution < 1.29 is 22.7 Å². The van der Waals surface area contributed by atoms with E-state index in [9.17, 15) is 18.0 Å². The Hall–Kier alpha value is -1.47. The summed E-state index contributed by atoms with van der Waals surface area (Å²) < 4.78 is 39.5. The molecule has 1 atom stereocenters. The van der Waals surface area contributed by atoms with E-state index in [1.807, 2.05) is 0 Å². The van der Waals surface area contributed by atoms with Crippen molar-refractivity contribution in [2.24, 2.45) is 11.7 Å². The molecule has 1 aromatic carbocycles. The second-order valence-corrected chi connectivity index (χ2v) is 4.33. The number of amides is 1. The summed E-state index contributed by atoms with van der Waals surface area (Å²) in [4.78, 5) is 11.6. The number of nitrogens with one attached hydrogen (secondary N) is 1. The first kappa shape index (κ1) is 18.5. The van der Waals surface area contributed by atoms with Gasteiger partial charge in [-0.15, -0.1) is 25.6 Å². The predicted molar refractivity (Wildman–Crippen MR) is 71.8 cm³/mol. The third kappa shape index (κ3) is 6.12. The number of anilines is 1. The first-order valence-electron chi connectivity index (χ1n) is 5.61. The van der Waals surface area contributed by atoms with Crippen LogP contribution in [0, 0.1) is 5.92 Å². The minimum Gasteiger partial charge on any atom is -0.406 e. The molecule has 0 aliphatic carbocycles. The summed E-state index contributed by atoms with van der Waals surface area (Å²) in [6.07, 6.45) is -4.73. The van der Waals surface area contributed by atoms with Crippen molar-refractivity contribution in [2.75, 3.05) is 5.32 Å². The number of hydrogen-bond donors (Lipinski definition) is 2. The van der Waals surface area contributed by atoms with Gasteiger partial charge < -0.3 is 15.8 Å². The Morgan fingerprint density at radius 3 is 2.15 bits per heavy atom. The Morgan fingerprint density at radius 2 is 1.75 bits per heavy atom. The number of carbonyl (C=O) groups is 1. The van der Waals surface area contributed by atoms with Gasteiger partial charge in [-0.3, -0.25) is 4.79 Å². The lowest BCUT2D eigenvalue weighted by Gasteiger charge is -2.15. The number of carbonyl (C=O) groups excluding carboxylic acids is 1. The van der Waals surface area contributed by atoms with E-state index in [2.05, 4.69) is 10.1 Å². The van der Waals surface area contributed by atoms with Crippen molar-refractivity contribution in [3.05, 3.63) is 24.3 Å². The molecule has 0 spiro atoms. The van der Waals surface area contributed by atoms with Crippen LogP contribution in [0.5, 0.6) is 5.75 Å². The number of nitrogens with two attached hydrogens (primary N) is 1.